The van der Waals surface area contributed by atoms with Gasteiger partial charge in [-0.1, -0.05) is 6.07 Å². The molecule has 0 saturated heterocycles. The van der Waals surface area contributed by atoms with E-state index in [2.05, 4.69) is 4.98 Å². The number of nitrogens with two attached hydrogens (primary N) is 1. The third-order valence-corrected chi connectivity index (χ3v) is 2.85. The first-order valence-corrected chi connectivity index (χ1v) is 5.82. The molecule has 0 fully saturated rings. The maximum Gasteiger partial charge on any atom is 0.256 e. The summed E-state index contributed by atoms with van der Waals surface area (Å²) in [6.45, 7) is 0. The molecule has 0 saturated carbocycles. The molecule has 2 N–H and O–H groups in total. The maximum absolute atomic E-state index is 14.0. The van der Waals surface area contributed by atoms with E-state index >= 15 is 0 Å². The van der Waals surface area contributed by atoms with Gasteiger partial charge in [0.15, 0.2) is 5.82 Å². The van der Waals surface area contributed by atoms with E-state index in [0.29, 0.717) is 0 Å². The van der Waals surface area contributed by atoms with Gasteiger partial charge < -0.3 is 10.5 Å². The van der Waals surface area contributed by atoms with Crippen LogP contribution in [0.25, 0.3) is 11.3 Å². The number of rotatable bonds is 3. The van der Waals surface area contributed by atoms with E-state index in [-0.39, 0.29) is 28.4 Å². The molecular formula is C13H9ClF2N2O2. The molecule has 1 heterocycles. The van der Waals surface area contributed by atoms with Crippen molar-refractivity contribution in [3.63, 3.8) is 0 Å². The molecule has 0 radical (unpaired) electrons. The number of carbonyl (C=O) groups is 1. The predicted molar refractivity (Wildman–Crippen MR) is 70.7 cm³/mol. The van der Waals surface area contributed by atoms with Crippen molar-refractivity contribution in [1.82, 2.24) is 4.98 Å². The quantitative estimate of drug-likeness (QED) is 0.885. The Labute approximate surface area is 118 Å². The molecule has 1 aromatic heterocycles. The molecule has 0 aliphatic rings. The Balaban J connectivity index is 2.71. The van der Waals surface area contributed by atoms with E-state index in [1.807, 2.05) is 0 Å². The molecule has 2 rings (SSSR count). The van der Waals surface area contributed by atoms with Crippen LogP contribution in [0.3, 0.4) is 0 Å². The minimum atomic E-state index is -0.944. The molecule has 0 amide bonds. The van der Waals surface area contributed by atoms with E-state index in [4.69, 9.17) is 22.1 Å². The molecule has 104 valence electrons. The number of nitrogen functional groups attached to an aromatic ring is 1. The molecule has 0 atom stereocenters. The number of carbonyl (C=O) groups excluding carboxylic acids is 1. The van der Waals surface area contributed by atoms with Crippen molar-refractivity contribution in [2.45, 2.75) is 0 Å². The maximum atomic E-state index is 14.0. The van der Waals surface area contributed by atoms with E-state index in [1.165, 1.54) is 19.2 Å². The lowest BCUT2D eigenvalue weighted by atomic mass is 10.1. The first kappa shape index (κ1) is 14.2. The van der Waals surface area contributed by atoms with Crippen molar-refractivity contribution in [3.8, 4) is 17.0 Å². The van der Waals surface area contributed by atoms with Crippen LogP contribution < -0.4 is 10.5 Å². The Hall–Kier alpha value is -2.21. The normalized spacial score (nSPS) is 10.4. The minimum absolute atomic E-state index is 0.0979. The Morgan fingerprint density at radius 3 is 2.65 bits per heavy atom. The predicted octanol–water partition coefficient (Wildman–Crippen LogP) is 3.00. The van der Waals surface area contributed by atoms with Gasteiger partial charge in [-0.15, -0.1) is 0 Å². The molecule has 4 nitrogen and oxygen atoms in total. The summed E-state index contributed by atoms with van der Waals surface area (Å²) < 4.78 is 32.9. The number of halogens is 3. The summed E-state index contributed by atoms with van der Waals surface area (Å²) in [4.78, 5) is 14.7. The van der Waals surface area contributed by atoms with E-state index in [9.17, 15) is 13.6 Å². The average Bonchev–Trinajstić information content (AvgIpc) is 2.40. The number of hydrogen-bond acceptors (Lipinski definition) is 4. The molecule has 0 aliphatic heterocycles. The second-order valence-corrected chi connectivity index (χ2v) is 4.19. The SMILES string of the molecule is COc1cccc(F)c1-c1nc(N)c(C(=O)Cl)cc1F. The van der Waals surface area contributed by atoms with Crippen molar-refractivity contribution >= 4 is 22.7 Å². The summed E-state index contributed by atoms with van der Waals surface area (Å²) in [5.74, 6) is -1.83. The van der Waals surface area contributed by atoms with Crippen molar-refractivity contribution in [2.75, 3.05) is 12.8 Å². The summed E-state index contributed by atoms with van der Waals surface area (Å²) in [5.41, 5.74) is 4.73. The summed E-state index contributed by atoms with van der Waals surface area (Å²) in [7, 11) is 1.32. The van der Waals surface area contributed by atoms with Gasteiger partial charge in [-0.05, 0) is 29.8 Å². The highest BCUT2D eigenvalue weighted by atomic mass is 35.5. The lowest BCUT2D eigenvalue weighted by Gasteiger charge is -2.11. The second kappa shape index (κ2) is 5.42. The van der Waals surface area contributed by atoms with E-state index in [0.717, 1.165) is 12.1 Å². The zero-order valence-electron chi connectivity index (χ0n) is 10.3. The highest BCUT2D eigenvalue weighted by Crippen LogP contribution is 2.34. The van der Waals surface area contributed by atoms with Crippen LogP contribution in [-0.4, -0.2) is 17.3 Å². The number of benzene rings is 1. The molecule has 7 heteroatoms. The van der Waals surface area contributed by atoms with Crippen LogP contribution in [0.15, 0.2) is 24.3 Å². The number of nitrogens with zero attached hydrogens (tertiary/aromatic N) is 1. The molecule has 0 unspecified atom stereocenters. The van der Waals surface area contributed by atoms with Crippen molar-refractivity contribution in [1.29, 1.82) is 0 Å². The van der Waals surface area contributed by atoms with Gasteiger partial charge in [-0.2, -0.15) is 0 Å². The van der Waals surface area contributed by atoms with Gasteiger partial charge in [0, 0.05) is 0 Å². The Kier molecular flexibility index (Phi) is 3.85. The first-order chi connectivity index (χ1) is 9.45. The Bertz CT molecular complexity index is 692. The van der Waals surface area contributed by atoms with Crippen LogP contribution in [0.5, 0.6) is 5.75 Å². The van der Waals surface area contributed by atoms with Gasteiger partial charge in [-0.25, -0.2) is 13.8 Å². The average molecular weight is 299 g/mol. The number of hydrogen-bond donors (Lipinski definition) is 1. The topological polar surface area (TPSA) is 65.2 Å². The van der Waals surface area contributed by atoms with Gasteiger partial charge in [0.1, 0.15) is 23.1 Å². The zero-order valence-corrected chi connectivity index (χ0v) is 11.0. The molecule has 1 aromatic carbocycles. The fraction of sp³-hybridized carbons (Fsp3) is 0.0769. The lowest BCUT2D eigenvalue weighted by molar-refractivity contribution is 0.108. The van der Waals surface area contributed by atoms with Crippen LogP contribution in [-0.2, 0) is 0 Å². The van der Waals surface area contributed by atoms with E-state index in [1.54, 1.807) is 0 Å². The van der Waals surface area contributed by atoms with Gasteiger partial charge in [-0.3, -0.25) is 4.79 Å². The van der Waals surface area contributed by atoms with Crippen LogP contribution in [0.2, 0.25) is 0 Å². The molecule has 0 spiro atoms. The van der Waals surface area contributed by atoms with Gasteiger partial charge in [0.2, 0.25) is 0 Å². The molecule has 20 heavy (non-hydrogen) atoms. The highest BCUT2D eigenvalue weighted by molar-refractivity contribution is 6.68. The van der Waals surface area contributed by atoms with Crippen molar-refractivity contribution in [3.05, 3.63) is 41.5 Å². The second-order valence-electron chi connectivity index (χ2n) is 3.84. The lowest BCUT2D eigenvalue weighted by Crippen LogP contribution is -2.05. The Morgan fingerprint density at radius 2 is 2.05 bits per heavy atom. The third-order valence-electron chi connectivity index (χ3n) is 2.65. The number of anilines is 1. The number of pyridine rings is 1. The highest BCUT2D eigenvalue weighted by Gasteiger charge is 2.20. The van der Waals surface area contributed by atoms with Crippen LogP contribution >= 0.6 is 11.6 Å². The van der Waals surface area contributed by atoms with Gasteiger partial charge in [0.25, 0.3) is 5.24 Å². The van der Waals surface area contributed by atoms with E-state index < -0.39 is 16.9 Å². The molecular weight excluding hydrogens is 290 g/mol. The minimum Gasteiger partial charge on any atom is -0.496 e. The summed E-state index contributed by atoms with van der Waals surface area (Å²) in [6, 6.07) is 4.82. The van der Waals surface area contributed by atoms with Crippen molar-refractivity contribution < 1.29 is 18.3 Å². The van der Waals surface area contributed by atoms with Gasteiger partial charge in [0.05, 0.1) is 18.2 Å². The van der Waals surface area contributed by atoms with Crippen LogP contribution in [0.4, 0.5) is 14.6 Å². The molecule has 0 bridgehead atoms. The molecule has 0 aliphatic carbocycles. The van der Waals surface area contributed by atoms with Crippen LogP contribution in [0.1, 0.15) is 10.4 Å². The first-order valence-electron chi connectivity index (χ1n) is 5.44. The number of methoxy groups -OCH3 is 1. The fourth-order valence-corrected chi connectivity index (χ4v) is 1.89. The number of ether oxygens (including phenoxy) is 1. The monoisotopic (exact) mass is 298 g/mol. The van der Waals surface area contributed by atoms with Crippen LogP contribution in [0, 0.1) is 11.6 Å². The largest absolute Gasteiger partial charge is 0.496 e. The summed E-state index contributed by atoms with van der Waals surface area (Å²) in [6.07, 6.45) is 0. The smallest absolute Gasteiger partial charge is 0.256 e. The standard InChI is InChI=1S/C13H9ClF2N2O2/c1-20-9-4-2-3-7(15)10(9)11-8(16)5-6(12(14)19)13(17)18-11/h2-5H,1H3,(H2,17,18). The number of aromatic nitrogens is 1. The Morgan fingerprint density at radius 1 is 1.35 bits per heavy atom. The van der Waals surface area contributed by atoms with Crippen molar-refractivity contribution in [2.24, 2.45) is 0 Å². The summed E-state index contributed by atoms with van der Waals surface area (Å²) in [5, 5.41) is -0.944. The molecule has 2 aromatic rings. The third kappa shape index (κ3) is 2.42. The van der Waals surface area contributed by atoms with Gasteiger partial charge >= 0.3 is 0 Å². The summed E-state index contributed by atoms with van der Waals surface area (Å²) >= 11 is 5.24. The fourth-order valence-electron chi connectivity index (χ4n) is 1.74. The zero-order chi connectivity index (χ0) is 14.9.